The highest BCUT2D eigenvalue weighted by atomic mass is 35.5. The molecule has 2 N–H and O–H groups in total. The van der Waals surface area contributed by atoms with Gasteiger partial charge in [-0.3, -0.25) is 4.98 Å². The summed E-state index contributed by atoms with van der Waals surface area (Å²) in [6, 6.07) is 1.62. The zero-order valence-corrected chi connectivity index (χ0v) is 10.2. The third-order valence-electron chi connectivity index (χ3n) is 1.56. The van der Waals surface area contributed by atoms with E-state index in [1.165, 1.54) is 0 Å². The van der Waals surface area contributed by atoms with E-state index >= 15 is 0 Å². The van der Waals surface area contributed by atoms with Gasteiger partial charge in [-0.2, -0.15) is 0 Å². The Bertz CT molecular complexity index is 386. The largest absolute Gasteiger partial charge is 0.260 e. The maximum absolute atomic E-state index is 11.0. The molecule has 0 aliphatic rings. The van der Waals surface area contributed by atoms with Crippen LogP contribution in [-0.2, 0) is 10.0 Å². The van der Waals surface area contributed by atoms with Crippen molar-refractivity contribution in [2.45, 2.75) is 18.7 Å². The number of hydrogen-bond acceptors (Lipinski definition) is 3. The lowest BCUT2D eigenvalue weighted by molar-refractivity contribution is 0.596. The van der Waals surface area contributed by atoms with Crippen molar-refractivity contribution in [3.63, 3.8) is 0 Å². The molecule has 0 fully saturated rings. The smallest absolute Gasteiger partial charge is 0.240 e. The van der Waals surface area contributed by atoms with Crippen LogP contribution in [0.3, 0.4) is 0 Å². The molecule has 1 rings (SSSR count). The lowest BCUT2D eigenvalue weighted by Gasteiger charge is -2.04. The van der Waals surface area contributed by atoms with Crippen molar-refractivity contribution in [1.29, 1.82) is 0 Å². The Morgan fingerprint density at radius 3 is 2.07 bits per heavy atom. The molecule has 0 aliphatic carbocycles. The summed E-state index contributed by atoms with van der Waals surface area (Å²) in [7, 11) is -3.63. The lowest BCUT2D eigenvalue weighted by atomic mass is 10.2. The summed E-state index contributed by atoms with van der Waals surface area (Å²) >= 11 is 0. The van der Waals surface area contributed by atoms with Crippen molar-refractivity contribution < 1.29 is 8.42 Å². The standard InChI is InChI=1S/C7H10N2O2S.2ClH/c1-5-3-4-9-6(2)7(5)12(8,10)11;;/h3-4H,1-2H3,(H2,8,10,11);2*1H. The van der Waals surface area contributed by atoms with Crippen molar-refractivity contribution in [3.8, 4) is 0 Å². The van der Waals surface area contributed by atoms with Crippen LogP contribution in [0.1, 0.15) is 11.3 Å². The van der Waals surface area contributed by atoms with Gasteiger partial charge in [-0.15, -0.1) is 24.8 Å². The molecular formula is C7H12Cl2N2O2S. The highest BCUT2D eigenvalue weighted by Crippen LogP contribution is 2.14. The first-order chi connectivity index (χ1) is 5.43. The van der Waals surface area contributed by atoms with E-state index in [1.807, 2.05) is 0 Å². The van der Waals surface area contributed by atoms with Crippen LogP contribution in [0.25, 0.3) is 0 Å². The number of rotatable bonds is 1. The molecule has 0 spiro atoms. The molecule has 7 heteroatoms. The van der Waals surface area contributed by atoms with Gasteiger partial charge < -0.3 is 0 Å². The molecule has 0 aliphatic heterocycles. The van der Waals surface area contributed by atoms with Gasteiger partial charge in [-0.05, 0) is 25.5 Å². The molecule has 0 amide bonds. The van der Waals surface area contributed by atoms with Crippen LogP contribution < -0.4 is 5.14 Å². The molecule has 0 saturated carbocycles. The van der Waals surface area contributed by atoms with Crippen molar-refractivity contribution in [2.75, 3.05) is 0 Å². The molecule has 1 aromatic heterocycles. The van der Waals surface area contributed by atoms with Gasteiger partial charge in [0.25, 0.3) is 0 Å². The van der Waals surface area contributed by atoms with E-state index in [0.29, 0.717) is 11.3 Å². The second kappa shape index (κ2) is 5.50. The maximum atomic E-state index is 11.0. The summed E-state index contributed by atoms with van der Waals surface area (Å²) in [5.41, 5.74) is 1.07. The molecule has 0 saturated heterocycles. The summed E-state index contributed by atoms with van der Waals surface area (Å²) in [6.45, 7) is 3.31. The van der Waals surface area contributed by atoms with E-state index in [1.54, 1.807) is 26.1 Å². The Labute approximate surface area is 95.8 Å². The van der Waals surface area contributed by atoms with Crippen molar-refractivity contribution in [1.82, 2.24) is 4.98 Å². The highest BCUT2D eigenvalue weighted by Gasteiger charge is 2.14. The third-order valence-corrected chi connectivity index (χ3v) is 2.75. The van der Waals surface area contributed by atoms with E-state index in [2.05, 4.69) is 4.98 Å². The van der Waals surface area contributed by atoms with Crippen LogP contribution in [0.2, 0.25) is 0 Å². The Morgan fingerprint density at radius 2 is 1.79 bits per heavy atom. The molecule has 0 aromatic carbocycles. The van der Waals surface area contributed by atoms with Gasteiger partial charge in [0.2, 0.25) is 10.0 Å². The Morgan fingerprint density at radius 1 is 1.29 bits per heavy atom. The summed E-state index contributed by atoms with van der Waals surface area (Å²) in [6.07, 6.45) is 1.55. The maximum Gasteiger partial charge on any atom is 0.240 e. The number of nitrogens with zero attached hydrogens (tertiary/aromatic N) is 1. The topological polar surface area (TPSA) is 73.0 Å². The Hall–Kier alpha value is -0.360. The van der Waals surface area contributed by atoms with Crippen LogP contribution >= 0.6 is 24.8 Å². The summed E-state index contributed by atoms with van der Waals surface area (Å²) in [5.74, 6) is 0. The quantitative estimate of drug-likeness (QED) is 0.823. The fourth-order valence-electron chi connectivity index (χ4n) is 1.11. The van der Waals surface area contributed by atoms with Gasteiger partial charge >= 0.3 is 0 Å². The summed E-state index contributed by atoms with van der Waals surface area (Å²) in [4.78, 5) is 3.98. The first kappa shape index (κ1) is 16.1. The number of primary sulfonamides is 1. The van der Waals surface area contributed by atoms with Crippen molar-refractivity contribution in [2.24, 2.45) is 5.14 Å². The van der Waals surface area contributed by atoms with E-state index in [0.717, 1.165) is 0 Å². The van der Waals surface area contributed by atoms with Gasteiger partial charge in [-0.25, -0.2) is 13.6 Å². The van der Waals surface area contributed by atoms with E-state index < -0.39 is 10.0 Å². The summed E-state index contributed by atoms with van der Waals surface area (Å²) < 4.78 is 22.0. The van der Waals surface area contributed by atoms with Crippen LogP contribution in [0.15, 0.2) is 17.2 Å². The van der Waals surface area contributed by atoms with E-state index in [9.17, 15) is 8.42 Å². The molecule has 82 valence electrons. The van der Waals surface area contributed by atoms with Gasteiger partial charge in [0.05, 0.1) is 5.69 Å². The van der Waals surface area contributed by atoms with E-state index in [-0.39, 0.29) is 29.7 Å². The van der Waals surface area contributed by atoms with Crippen LogP contribution in [0, 0.1) is 13.8 Å². The average Bonchev–Trinajstić information content (AvgIpc) is 1.82. The van der Waals surface area contributed by atoms with Crippen LogP contribution in [-0.4, -0.2) is 13.4 Å². The number of halogens is 2. The van der Waals surface area contributed by atoms with Gasteiger partial charge in [-0.1, -0.05) is 0 Å². The third kappa shape index (κ3) is 3.42. The van der Waals surface area contributed by atoms with E-state index in [4.69, 9.17) is 5.14 Å². The molecule has 0 radical (unpaired) electrons. The fourth-order valence-corrected chi connectivity index (χ4v) is 2.09. The number of aryl methyl sites for hydroxylation is 2. The van der Waals surface area contributed by atoms with Crippen molar-refractivity contribution >= 4 is 34.8 Å². The molecule has 4 nitrogen and oxygen atoms in total. The van der Waals surface area contributed by atoms with Gasteiger partial charge in [0.15, 0.2) is 0 Å². The fraction of sp³-hybridized carbons (Fsp3) is 0.286. The predicted octanol–water partition coefficient (Wildman–Crippen LogP) is 1.19. The Kier molecular flexibility index (Phi) is 6.32. The number of hydrogen-bond donors (Lipinski definition) is 1. The minimum absolute atomic E-state index is 0. The molecule has 0 bridgehead atoms. The number of aromatic nitrogens is 1. The molecule has 1 aromatic rings. The van der Waals surface area contributed by atoms with Gasteiger partial charge in [0, 0.05) is 6.20 Å². The number of pyridine rings is 1. The first-order valence-corrected chi connectivity index (χ1v) is 4.92. The average molecular weight is 259 g/mol. The second-order valence-electron chi connectivity index (χ2n) is 2.59. The highest BCUT2D eigenvalue weighted by molar-refractivity contribution is 7.89. The number of nitrogens with two attached hydrogens (primary N) is 1. The van der Waals surface area contributed by atoms with Crippen LogP contribution in [0.4, 0.5) is 0 Å². The van der Waals surface area contributed by atoms with Gasteiger partial charge in [0.1, 0.15) is 4.90 Å². The monoisotopic (exact) mass is 258 g/mol. The summed E-state index contributed by atoms with van der Waals surface area (Å²) in [5, 5.41) is 4.99. The minimum Gasteiger partial charge on any atom is -0.260 e. The second-order valence-corrected chi connectivity index (χ2v) is 4.09. The normalized spacial score (nSPS) is 9.93. The molecule has 0 atom stereocenters. The molecule has 14 heavy (non-hydrogen) atoms. The molecule has 0 unspecified atom stereocenters. The predicted molar refractivity (Wildman–Crippen MR) is 59.6 cm³/mol. The zero-order chi connectivity index (χ0) is 9.35. The first-order valence-electron chi connectivity index (χ1n) is 3.38. The van der Waals surface area contributed by atoms with Crippen molar-refractivity contribution in [3.05, 3.63) is 23.5 Å². The lowest BCUT2D eigenvalue weighted by Crippen LogP contribution is -2.15. The number of sulfonamides is 1. The SMILES string of the molecule is Cc1ccnc(C)c1S(N)(=O)=O.Cl.Cl. The minimum atomic E-state index is -3.63. The van der Waals surface area contributed by atoms with Crippen LogP contribution in [0.5, 0.6) is 0 Å². The zero-order valence-electron chi connectivity index (χ0n) is 7.72. The molecular weight excluding hydrogens is 247 g/mol. The Balaban J connectivity index is 0. The molecule has 1 heterocycles.